The maximum Gasteiger partial charge on any atom is 0.244 e. The van der Waals surface area contributed by atoms with Gasteiger partial charge in [0.05, 0.1) is 31.6 Å². The molecule has 0 saturated carbocycles. The van der Waals surface area contributed by atoms with E-state index in [0.717, 1.165) is 16.9 Å². The van der Waals surface area contributed by atoms with E-state index in [1.807, 2.05) is 19.1 Å². The molecule has 1 heterocycles. The van der Waals surface area contributed by atoms with E-state index in [-0.39, 0.29) is 5.37 Å². The highest BCUT2D eigenvalue weighted by Crippen LogP contribution is 2.44. The van der Waals surface area contributed by atoms with Gasteiger partial charge in [-0.3, -0.25) is 0 Å². The molecule has 0 bridgehead atoms. The topological polar surface area (TPSA) is 65.1 Å². The molecular weight excluding hydrogens is 398 g/mol. The maximum atomic E-state index is 13.5. The van der Waals surface area contributed by atoms with Crippen LogP contribution in [0.4, 0.5) is 0 Å². The van der Waals surface area contributed by atoms with Gasteiger partial charge in [-0.1, -0.05) is 6.07 Å². The van der Waals surface area contributed by atoms with Crippen molar-refractivity contribution in [3.8, 4) is 17.2 Å². The Hall–Kier alpha value is -1.90. The summed E-state index contributed by atoms with van der Waals surface area (Å²) in [7, 11) is 1.07. The van der Waals surface area contributed by atoms with Gasteiger partial charge in [-0.15, -0.1) is 11.8 Å². The van der Waals surface area contributed by atoms with Crippen molar-refractivity contribution in [3.05, 3.63) is 47.0 Å². The lowest BCUT2D eigenvalue weighted by molar-refractivity contribution is 0.353. The molecule has 6 nitrogen and oxygen atoms in total. The number of hydrogen-bond donors (Lipinski definition) is 0. The van der Waals surface area contributed by atoms with Crippen LogP contribution in [0.25, 0.3) is 0 Å². The number of ether oxygens (including phenoxy) is 3. The number of rotatable bonds is 6. The van der Waals surface area contributed by atoms with Gasteiger partial charge in [0.2, 0.25) is 10.0 Å². The van der Waals surface area contributed by atoms with E-state index < -0.39 is 10.0 Å². The van der Waals surface area contributed by atoms with Gasteiger partial charge in [0, 0.05) is 12.3 Å². The third-order valence-corrected chi connectivity index (χ3v) is 8.22. The third-order valence-electron chi connectivity index (χ3n) is 4.82. The van der Waals surface area contributed by atoms with E-state index >= 15 is 0 Å². The molecule has 0 aromatic heterocycles. The molecule has 1 atom stereocenters. The van der Waals surface area contributed by atoms with Crippen LogP contribution in [-0.2, 0) is 10.0 Å². The predicted octanol–water partition coefficient (Wildman–Crippen LogP) is 3.77. The summed E-state index contributed by atoms with van der Waals surface area (Å²) >= 11 is 1.60. The Balaban J connectivity index is 2.02. The summed E-state index contributed by atoms with van der Waals surface area (Å²) in [6.45, 7) is 4.10. The van der Waals surface area contributed by atoms with E-state index in [1.165, 1.54) is 0 Å². The Morgan fingerprint density at radius 3 is 2.25 bits per heavy atom. The fraction of sp³-hybridized carbons (Fsp3) is 0.400. The van der Waals surface area contributed by atoms with Gasteiger partial charge in [0.15, 0.2) is 11.5 Å². The van der Waals surface area contributed by atoms with E-state index in [9.17, 15) is 8.42 Å². The predicted molar refractivity (Wildman–Crippen MR) is 111 cm³/mol. The van der Waals surface area contributed by atoms with Crippen LogP contribution >= 0.6 is 11.8 Å². The van der Waals surface area contributed by atoms with Crippen LogP contribution in [0.15, 0.2) is 35.2 Å². The minimum atomic E-state index is -3.66. The molecule has 1 fully saturated rings. The lowest BCUT2D eigenvalue weighted by Crippen LogP contribution is -2.31. The smallest absolute Gasteiger partial charge is 0.244 e. The fourth-order valence-corrected chi connectivity index (χ4v) is 6.88. The minimum absolute atomic E-state index is 0.313. The SMILES string of the molecule is COc1cc(C)c(S(=O)(=O)N2CCSC2c2ccc(OC)c(OC)c2)cc1C. The van der Waals surface area contributed by atoms with Crippen LogP contribution in [0.2, 0.25) is 0 Å². The average molecular weight is 424 g/mol. The zero-order valence-electron chi connectivity index (χ0n) is 16.7. The van der Waals surface area contributed by atoms with Crippen molar-refractivity contribution in [1.29, 1.82) is 0 Å². The summed E-state index contributed by atoms with van der Waals surface area (Å²) in [5.41, 5.74) is 2.33. The van der Waals surface area contributed by atoms with Gasteiger partial charge in [0.25, 0.3) is 0 Å². The van der Waals surface area contributed by atoms with Crippen molar-refractivity contribution < 1.29 is 22.6 Å². The van der Waals surface area contributed by atoms with Gasteiger partial charge in [-0.05, 0) is 54.8 Å². The number of nitrogens with zero attached hydrogens (tertiary/aromatic N) is 1. The first kappa shape index (κ1) is 20.8. The highest BCUT2D eigenvalue weighted by atomic mass is 32.2. The molecule has 1 saturated heterocycles. The van der Waals surface area contributed by atoms with Crippen LogP contribution in [0, 0.1) is 13.8 Å². The van der Waals surface area contributed by atoms with Crippen LogP contribution < -0.4 is 14.2 Å². The van der Waals surface area contributed by atoms with Crippen LogP contribution in [0.5, 0.6) is 17.2 Å². The first-order valence-electron chi connectivity index (χ1n) is 8.84. The van der Waals surface area contributed by atoms with Gasteiger partial charge in [-0.25, -0.2) is 8.42 Å². The standard InChI is InChI=1S/C20H25NO5S2/c1-13-11-19(14(2)10-17(13)25-4)28(22,23)21-8-9-27-20(21)15-6-7-16(24-3)18(12-15)26-5/h6-7,10-12,20H,8-9H2,1-5H3. The van der Waals surface area contributed by atoms with Crippen LogP contribution in [0.1, 0.15) is 22.1 Å². The number of aryl methyl sites for hydroxylation is 2. The molecule has 1 aliphatic rings. The molecule has 2 aromatic carbocycles. The van der Waals surface area contributed by atoms with Crippen LogP contribution in [0.3, 0.4) is 0 Å². The second-order valence-electron chi connectivity index (χ2n) is 6.54. The summed E-state index contributed by atoms with van der Waals surface area (Å²) in [4.78, 5) is 0.318. The van der Waals surface area contributed by atoms with Gasteiger partial charge >= 0.3 is 0 Å². The second-order valence-corrected chi connectivity index (χ2v) is 9.59. The number of methoxy groups -OCH3 is 3. The second kappa shape index (κ2) is 8.23. The average Bonchev–Trinajstić information content (AvgIpc) is 3.19. The Labute approximate surface area is 170 Å². The van der Waals surface area contributed by atoms with E-state index in [1.54, 1.807) is 62.5 Å². The number of benzene rings is 2. The van der Waals surface area contributed by atoms with Gasteiger partial charge in [0.1, 0.15) is 5.75 Å². The van der Waals surface area contributed by atoms with Crippen molar-refractivity contribution in [2.75, 3.05) is 33.6 Å². The first-order valence-corrected chi connectivity index (χ1v) is 11.3. The fourth-order valence-electron chi connectivity index (χ4n) is 3.36. The molecule has 152 valence electrons. The number of hydrogen-bond acceptors (Lipinski definition) is 6. The van der Waals surface area contributed by atoms with E-state index in [0.29, 0.717) is 34.3 Å². The van der Waals surface area contributed by atoms with Crippen molar-refractivity contribution in [2.24, 2.45) is 0 Å². The Kier molecular flexibility index (Phi) is 6.12. The molecule has 8 heteroatoms. The number of sulfonamides is 1. The number of thioether (sulfide) groups is 1. The lowest BCUT2D eigenvalue weighted by atomic mass is 10.1. The summed E-state index contributed by atoms with van der Waals surface area (Å²) in [6, 6.07) is 9.01. The zero-order chi connectivity index (χ0) is 20.5. The first-order chi connectivity index (χ1) is 13.3. The van der Waals surface area contributed by atoms with Crippen LogP contribution in [-0.4, -0.2) is 46.4 Å². The zero-order valence-corrected chi connectivity index (χ0v) is 18.3. The highest BCUT2D eigenvalue weighted by molar-refractivity contribution is 8.01. The molecule has 1 aliphatic heterocycles. The van der Waals surface area contributed by atoms with E-state index in [4.69, 9.17) is 14.2 Å². The monoisotopic (exact) mass is 423 g/mol. The molecule has 0 spiro atoms. The minimum Gasteiger partial charge on any atom is -0.496 e. The summed E-state index contributed by atoms with van der Waals surface area (Å²) in [5.74, 6) is 2.61. The van der Waals surface area contributed by atoms with Crippen molar-refractivity contribution in [1.82, 2.24) is 4.31 Å². The summed E-state index contributed by atoms with van der Waals surface area (Å²) in [6.07, 6.45) is 0. The summed E-state index contributed by atoms with van der Waals surface area (Å²) in [5, 5.41) is -0.313. The quantitative estimate of drug-likeness (QED) is 0.705. The van der Waals surface area contributed by atoms with Crippen molar-refractivity contribution >= 4 is 21.8 Å². The molecular formula is C20H25NO5S2. The molecule has 2 aromatic rings. The third kappa shape index (κ3) is 3.68. The lowest BCUT2D eigenvalue weighted by Gasteiger charge is -2.25. The molecule has 0 N–H and O–H groups in total. The molecule has 0 radical (unpaired) electrons. The largest absolute Gasteiger partial charge is 0.496 e. The Morgan fingerprint density at radius 1 is 0.929 bits per heavy atom. The maximum absolute atomic E-state index is 13.5. The van der Waals surface area contributed by atoms with Crippen molar-refractivity contribution in [3.63, 3.8) is 0 Å². The molecule has 1 unspecified atom stereocenters. The Bertz CT molecular complexity index is 975. The highest BCUT2D eigenvalue weighted by Gasteiger charge is 2.38. The summed E-state index contributed by atoms with van der Waals surface area (Å²) < 4.78 is 44.5. The van der Waals surface area contributed by atoms with Crippen molar-refractivity contribution in [2.45, 2.75) is 24.1 Å². The van der Waals surface area contributed by atoms with E-state index in [2.05, 4.69) is 0 Å². The normalized spacial score (nSPS) is 17.5. The Morgan fingerprint density at radius 2 is 1.61 bits per heavy atom. The molecule has 0 aliphatic carbocycles. The molecule has 3 rings (SSSR count). The molecule has 0 amide bonds. The molecule has 28 heavy (non-hydrogen) atoms. The van der Waals surface area contributed by atoms with Gasteiger partial charge in [-0.2, -0.15) is 4.31 Å². The van der Waals surface area contributed by atoms with Gasteiger partial charge < -0.3 is 14.2 Å².